The summed E-state index contributed by atoms with van der Waals surface area (Å²) in [5.41, 5.74) is 7.07. The smallest absolute Gasteiger partial charge is 0.228 e. The minimum absolute atomic E-state index is 0.214. The lowest BCUT2D eigenvalue weighted by Gasteiger charge is -2.41. The summed E-state index contributed by atoms with van der Waals surface area (Å²) in [4.78, 5) is 18.6. The Balaban J connectivity index is 1.58. The second kappa shape index (κ2) is 5.81. The van der Waals surface area contributed by atoms with Gasteiger partial charge in [0.2, 0.25) is 5.91 Å². The van der Waals surface area contributed by atoms with Crippen LogP contribution in [0.5, 0.6) is 0 Å². The summed E-state index contributed by atoms with van der Waals surface area (Å²) in [5, 5.41) is 0. The Morgan fingerprint density at radius 2 is 2.05 bits per heavy atom. The molecule has 1 aliphatic carbocycles. The van der Waals surface area contributed by atoms with E-state index in [1.165, 1.54) is 32.1 Å². The maximum absolute atomic E-state index is 12.4. The summed E-state index contributed by atoms with van der Waals surface area (Å²) in [6.45, 7) is 1.88. The van der Waals surface area contributed by atoms with Crippen molar-refractivity contribution in [3.8, 4) is 0 Å². The van der Waals surface area contributed by atoms with Crippen LogP contribution >= 0.6 is 0 Å². The van der Waals surface area contributed by atoms with Crippen LogP contribution in [0.3, 0.4) is 0 Å². The molecule has 0 spiro atoms. The highest BCUT2D eigenvalue weighted by atomic mass is 16.2. The first kappa shape index (κ1) is 13.4. The lowest BCUT2D eigenvalue weighted by molar-refractivity contribution is -0.133. The molecule has 108 valence electrons. The third kappa shape index (κ3) is 2.94. The standard InChI is InChI=1S/C16H23N3O/c17-14-5-6-15(18-10-14)9-16(20)19-8-7-12-3-1-2-4-13(12)11-19/h5-6,10,12-13H,1-4,7-9,11,17H2. The summed E-state index contributed by atoms with van der Waals surface area (Å²) in [6, 6.07) is 3.66. The fourth-order valence-corrected chi connectivity index (χ4v) is 3.63. The van der Waals surface area contributed by atoms with E-state index < -0.39 is 0 Å². The SMILES string of the molecule is Nc1ccc(CC(=O)N2CCC3CCCCC3C2)nc1. The molecule has 1 saturated heterocycles. The quantitative estimate of drug-likeness (QED) is 0.899. The molecule has 1 aromatic rings. The second-order valence-corrected chi connectivity index (χ2v) is 6.19. The number of nitrogen functional groups attached to an aromatic ring is 1. The molecule has 4 nitrogen and oxygen atoms in total. The van der Waals surface area contributed by atoms with Gasteiger partial charge in [-0.1, -0.05) is 19.3 Å². The summed E-state index contributed by atoms with van der Waals surface area (Å²) < 4.78 is 0. The first-order chi connectivity index (χ1) is 9.72. The molecule has 1 aromatic heterocycles. The Morgan fingerprint density at radius 1 is 1.25 bits per heavy atom. The highest BCUT2D eigenvalue weighted by Gasteiger charge is 2.32. The zero-order valence-corrected chi connectivity index (χ0v) is 11.9. The van der Waals surface area contributed by atoms with Crippen molar-refractivity contribution in [3.05, 3.63) is 24.0 Å². The zero-order valence-electron chi connectivity index (χ0n) is 11.9. The van der Waals surface area contributed by atoms with Gasteiger partial charge in [0.1, 0.15) is 0 Å². The van der Waals surface area contributed by atoms with Crippen molar-refractivity contribution in [1.29, 1.82) is 0 Å². The molecule has 1 aliphatic heterocycles. The number of hydrogen-bond donors (Lipinski definition) is 1. The molecule has 2 heterocycles. The fraction of sp³-hybridized carbons (Fsp3) is 0.625. The van der Waals surface area contributed by atoms with Crippen LogP contribution in [-0.2, 0) is 11.2 Å². The van der Waals surface area contributed by atoms with Crippen LogP contribution in [0.25, 0.3) is 0 Å². The molecule has 4 heteroatoms. The van der Waals surface area contributed by atoms with Gasteiger partial charge in [0.25, 0.3) is 0 Å². The van der Waals surface area contributed by atoms with Gasteiger partial charge in [-0.2, -0.15) is 0 Å². The Kier molecular flexibility index (Phi) is 3.90. The highest BCUT2D eigenvalue weighted by molar-refractivity contribution is 5.78. The molecule has 2 fully saturated rings. The number of anilines is 1. The van der Waals surface area contributed by atoms with E-state index in [1.54, 1.807) is 6.20 Å². The average molecular weight is 273 g/mol. The summed E-state index contributed by atoms with van der Waals surface area (Å²) >= 11 is 0. The number of nitrogens with zero attached hydrogens (tertiary/aromatic N) is 2. The molecule has 2 unspecified atom stereocenters. The van der Waals surface area contributed by atoms with E-state index in [-0.39, 0.29) is 5.91 Å². The number of hydrogen-bond acceptors (Lipinski definition) is 3. The van der Waals surface area contributed by atoms with Crippen molar-refractivity contribution < 1.29 is 4.79 Å². The number of amides is 1. The van der Waals surface area contributed by atoms with Crippen molar-refractivity contribution in [2.24, 2.45) is 11.8 Å². The van der Waals surface area contributed by atoms with Gasteiger partial charge in [0, 0.05) is 18.8 Å². The topological polar surface area (TPSA) is 59.2 Å². The van der Waals surface area contributed by atoms with Gasteiger partial charge in [-0.3, -0.25) is 9.78 Å². The first-order valence-corrected chi connectivity index (χ1v) is 7.70. The predicted octanol–water partition coefficient (Wildman–Crippen LogP) is 2.25. The Bertz CT molecular complexity index is 471. The minimum Gasteiger partial charge on any atom is -0.397 e. The summed E-state index contributed by atoms with van der Waals surface area (Å²) in [7, 11) is 0. The highest BCUT2D eigenvalue weighted by Crippen LogP contribution is 2.36. The van der Waals surface area contributed by atoms with Gasteiger partial charge in [0.05, 0.1) is 18.3 Å². The lowest BCUT2D eigenvalue weighted by atomic mass is 9.75. The van der Waals surface area contributed by atoms with Crippen LogP contribution in [0.4, 0.5) is 5.69 Å². The Morgan fingerprint density at radius 3 is 2.80 bits per heavy atom. The number of likely N-dealkylation sites (tertiary alicyclic amines) is 1. The summed E-state index contributed by atoms with van der Waals surface area (Å²) in [6.07, 6.45) is 8.59. The van der Waals surface area contributed by atoms with Crippen LogP contribution < -0.4 is 5.73 Å². The van der Waals surface area contributed by atoms with Crippen LogP contribution in [0.2, 0.25) is 0 Å². The monoisotopic (exact) mass is 273 g/mol. The Hall–Kier alpha value is -1.58. The van der Waals surface area contributed by atoms with Gasteiger partial charge in [-0.25, -0.2) is 0 Å². The number of rotatable bonds is 2. The zero-order chi connectivity index (χ0) is 13.9. The van der Waals surface area contributed by atoms with E-state index in [1.807, 2.05) is 17.0 Å². The normalized spacial score (nSPS) is 26.1. The number of fused-ring (bicyclic) bond motifs is 1. The van der Waals surface area contributed by atoms with Gasteiger partial charge >= 0.3 is 0 Å². The maximum Gasteiger partial charge on any atom is 0.228 e. The number of aromatic nitrogens is 1. The number of carbonyl (C=O) groups excluding carboxylic acids is 1. The molecule has 2 aliphatic rings. The van der Waals surface area contributed by atoms with Crippen molar-refractivity contribution >= 4 is 11.6 Å². The number of nitrogens with two attached hydrogens (primary N) is 1. The maximum atomic E-state index is 12.4. The summed E-state index contributed by atoms with van der Waals surface area (Å²) in [5.74, 6) is 1.81. The fourth-order valence-electron chi connectivity index (χ4n) is 3.63. The van der Waals surface area contributed by atoms with Crippen LogP contribution in [0.15, 0.2) is 18.3 Å². The number of pyridine rings is 1. The Labute approximate surface area is 120 Å². The first-order valence-electron chi connectivity index (χ1n) is 7.70. The molecule has 20 heavy (non-hydrogen) atoms. The average Bonchev–Trinajstić information content (AvgIpc) is 2.49. The van der Waals surface area contributed by atoms with E-state index in [0.29, 0.717) is 12.1 Å². The van der Waals surface area contributed by atoms with E-state index in [2.05, 4.69) is 4.98 Å². The molecule has 1 saturated carbocycles. The molecule has 3 rings (SSSR count). The van der Waals surface area contributed by atoms with Crippen LogP contribution in [0.1, 0.15) is 37.8 Å². The molecule has 0 bridgehead atoms. The molecule has 2 N–H and O–H groups in total. The van der Waals surface area contributed by atoms with Crippen LogP contribution in [-0.4, -0.2) is 28.9 Å². The molecule has 0 aromatic carbocycles. The van der Waals surface area contributed by atoms with Gasteiger partial charge < -0.3 is 10.6 Å². The van der Waals surface area contributed by atoms with E-state index >= 15 is 0 Å². The largest absolute Gasteiger partial charge is 0.397 e. The molecule has 0 radical (unpaired) electrons. The minimum atomic E-state index is 0.214. The van der Waals surface area contributed by atoms with Crippen molar-refractivity contribution in [2.75, 3.05) is 18.8 Å². The number of piperidine rings is 1. The van der Waals surface area contributed by atoms with Crippen molar-refractivity contribution in [3.63, 3.8) is 0 Å². The lowest BCUT2D eigenvalue weighted by Crippen LogP contribution is -2.45. The van der Waals surface area contributed by atoms with E-state index in [4.69, 9.17) is 5.73 Å². The van der Waals surface area contributed by atoms with E-state index in [0.717, 1.165) is 30.6 Å². The third-order valence-corrected chi connectivity index (χ3v) is 4.82. The third-order valence-electron chi connectivity index (χ3n) is 4.82. The molecular weight excluding hydrogens is 250 g/mol. The molecular formula is C16H23N3O. The van der Waals surface area contributed by atoms with Crippen molar-refractivity contribution in [2.45, 2.75) is 38.5 Å². The van der Waals surface area contributed by atoms with Crippen LogP contribution in [0, 0.1) is 11.8 Å². The molecule has 2 atom stereocenters. The van der Waals surface area contributed by atoms with Gasteiger partial charge in [0.15, 0.2) is 0 Å². The number of carbonyl (C=O) groups is 1. The second-order valence-electron chi connectivity index (χ2n) is 6.19. The van der Waals surface area contributed by atoms with E-state index in [9.17, 15) is 4.79 Å². The van der Waals surface area contributed by atoms with Gasteiger partial charge in [-0.15, -0.1) is 0 Å². The predicted molar refractivity (Wildman–Crippen MR) is 79.0 cm³/mol. The van der Waals surface area contributed by atoms with Gasteiger partial charge in [-0.05, 0) is 36.8 Å². The molecule has 1 amide bonds. The van der Waals surface area contributed by atoms with Crippen molar-refractivity contribution in [1.82, 2.24) is 9.88 Å².